The van der Waals surface area contributed by atoms with Crippen LogP contribution in [0.4, 0.5) is 0 Å². The average Bonchev–Trinajstić information content (AvgIpc) is 2.46. The Morgan fingerprint density at radius 1 is 1.05 bits per heavy atom. The molecule has 2 nitrogen and oxygen atoms in total. The molecule has 1 N–H and O–H groups in total. The molecule has 0 saturated heterocycles. The molecular weight excluding hydrogens is 232 g/mol. The van der Waals surface area contributed by atoms with E-state index in [0.717, 1.165) is 12.1 Å². The van der Waals surface area contributed by atoms with Crippen molar-refractivity contribution in [3.63, 3.8) is 0 Å². The Morgan fingerprint density at radius 2 is 1.68 bits per heavy atom. The molecule has 0 aliphatic heterocycles. The van der Waals surface area contributed by atoms with E-state index in [2.05, 4.69) is 25.2 Å². The smallest absolute Gasteiger partial charge is 0.0991 e. The number of nitrogens with one attached hydrogen (secondary N) is 1. The third kappa shape index (κ3) is 6.40. The van der Waals surface area contributed by atoms with Gasteiger partial charge in [0.2, 0.25) is 0 Å². The van der Waals surface area contributed by atoms with Crippen molar-refractivity contribution in [3.05, 3.63) is 35.4 Å². The highest BCUT2D eigenvalue weighted by atomic mass is 14.9. The largest absolute Gasteiger partial charge is 0.310 e. The lowest BCUT2D eigenvalue weighted by molar-refractivity contribution is 0.527. The third-order valence-electron chi connectivity index (χ3n) is 3.52. The van der Waals surface area contributed by atoms with Gasteiger partial charge in [0.05, 0.1) is 11.6 Å². The lowest BCUT2D eigenvalue weighted by Gasteiger charge is -2.14. The number of hydrogen-bond donors (Lipinski definition) is 1. The van der Waals surface area contributed by atoms with Crippen molar-refractivity contribution in [2.75, 3.05) is 6.54 Å². The number of rotatable bonds is 9. The normalized spacial score (nSPS) is 12.1. The van der Waals surface area contributed by atoms with Crippen LogP contribution < -0.4 is 5.32 Å². The maximum absolute atomic E-state index is 8.76. The van der Waals surface area contributed by atoms with Gasteiger partial charge in [-0.1, -0.05) is 51.2 Å². The van der Waals surface area contributed by atoms with Crippen LogP contribution in [0.25, 0.3) is 0 Å². The summed E-state index contributed by atoms with van der Waals surface area (Å²) < 4.78 is 0. The van der Waals surface area contributed by atoms with Crippen LogP contribution in [0.3, 0.4) is 0 Å². The first-order chi connectivity index (χ1) is 9.27. The molecule has 0 saturated carbocycles. The van der Waals surface area contributed by atoms with Gasteiger partial charge in [0.15, 0.2) is 0 Å². The minimum absolute atomic E-state index is 0.364. The van der Waals surface area contributed by atoms with E-state index < -0.39 is 0 Å². The van der Waals surface area contributed by atoms with E-state index in [0.29, 0.717) is 6.04 Å². The molecule has 1 aromatic carbocycles. The zero-order chi connectivity index (χ0) is 13.9. The molecular formula is C17H26N2. The van der Waals surface area contributed by atoms with Crippen molar-refractivity contribution in [3.8, 4) is 6.07 Å². The van der Waals surface area contributed by atoms with Crippen LogP contribution >= 0.6 is 0 Å². The molecule has 104 valence electrons. The molecule has 1 aromatic rings. The highest BCUT2D eigenvalue weighted by Crippen LogP contribution is 2.13. The zero-order valence-corrected chi connectivity index (χ0v) is 12.3. The van der Waals surface area contributed by atoms with Crippen LogP contribution in [0.1, 0.15) is 69.5 Å². The van der Waals surface area contributed by atoms with Gasteiger partial charge in [-0.15, -0.1) is 0 Å². The minimum Gasteiger partial charge on any atom is -0.310 e. The fourth-order valence-corrected chi connectivity index (χ4v) is 2.19. The summed E-state index contributed by atoms with van der Waals surface area (Å²) in [7, 11) is 0. The van der Waals surface area contributed by atoms with Crippen molar-refractivity contribution >= 4 is 0 Å². The Morgan fingerprint density at radius 3 is 2.32 bits per heavy atom. The zero-order valence-electron chi connectivity index (χ0n) is 12.3. The van der Waals surface area contributed by atoms with Gasteiger partial charge in [-0.25, -0.2) is 0 Å². The predicted octanol–water partition coefficient (Wildman–Crippen LogP) is 4.57. The van der Waals surface area contributed by atoms with Gasteiger partial charge in [-0.3, -0.25) is 0 Å². The molecule has 0 amide bonds. The molecule has 0 radical (unpaired) electrons. The summed E-state index contributed by atoms with van der Waals surface area (Å²) in [5, 5.41) is 12.3. The molecule has 2 heteroatoms. The Kier molecular flexibility index (Phi) is 7.93. The highest BCUT2D eigenvalue weighted by Gasteiger charge is 2.03. The van der Waals surface area contributed by atoms with E-state index in [1.165, 1.54) is 44.1 Å². The average molecular weight is 258 g/mol. The first kappa shape index (κ1) is 15.7. The predicted molar refractivity (Wildman–Crippen MR) is 81.0 cm³/mol. The number of unbranched alkanes of at least 4 members (excludes halogenated alkanes) is 5. The van der Waals surface area contributed by atoms with E-state index in [-0.39, 0.29) is 0 Å². The van der Waals surface area contributed by atoms with Crippen LogP contribution in [0, 0.1) is 11.3 Å². The first-order valence-corrected chi connectivity index (χ1v) is 7.51. The van der Waals surface area contributed by atoms with Crippen LogP contribution in [-0.2, 0) is 0 Å². The fourth-order valence-electron chi connectivity index (χ4n) is 2.19. The van der Waals surface area contributed by atoms with Gasteiger partial charge >= 0.3 is 0 Å². The molecule has 19 heavy (non-hydrogen) atoms. The van der Waals surface area contributed by atoms with Crippen molar-refractivity contribution < 1.29 is 0 Å². The maximum atomic E-state index is 8.76. The van der Waals surface area contributed by atoms with Crippen LogP contribution in [-0.4, -0.2) is 6.54 Å². The lowest BCUT2D eigenvalue weighted by atomic mass is 10.1. The van der Waals surface area contributed by atoms with Crippen LogP contribution in [0.5, 0.6) is 0 Å². The second-order valence-corrected chi connectivity index (χ2v) is 5.18. The fraction of sp³-hybridized carbons (Fsp3) is 0.588. The van der Waals surface area contributed by atoms with Gasteiger partial charge in [0, 0.05) is 6.04 Å². The molecule has 0 aliphatic carbocycles. The molecule has 0 aliphatic rings. The van der Waals surface area contributed by atoms with E-state index in [9.17, 15) is 0 Å². The van der Waals surface area contributed by atoms with Crippen molar-refractivity contribution in [2.45, 2.75) is 58.4 Å². The SMILES string of the molecule is CCCCCCCCNC(C)c1ccc(C#N)cc1. The van der Waals surface area contributed by atoms with E-state index in [1.807, 2.05) is 24.3 Å². The molecule has 0 fully saturated rings. The van der Waals surface area contributed by atoms with E-state index >= 15 is 0 Å². The van der Waals surface area contributed by atoms with Gasteiger partial charge in [0.1, 0.15) is 0 Å². The summed E-state index contributed by atoms with van der Waals surface area (Å²) in [5.74, 6) is 0. The first-order valence-electron chi connectivity index (χ1n) is 7.51. The summed E-state index contributed by atoms with van der Waals surface area (Å²) in [6, 6.07) is 10.4. The number of nitriles is 1. The van der Waals surface area contributed by atoms with Gasteiger partial charge < -0.3 is 5.32 Å². The Hall–Kier alpha value is -1.33. The summed E-state index contributed by atoms with van der Waals surface area (Å²) in [4.78, 5) is 0. The Labute approximate surface area is 117 Å². The van der Waals surface area contributed by atoms with Gasteiger partial charge in [0.25, 0.3) is 0 Å². The molecule has 1 atom stereocenters. The Balaban J connectivity index is 2.16. The summed E-state index contributed by atoms with van der Waals surface area (Å²) in [6.07, 6.45) is 8.00. The van der Waals surface area contributed by atoms with E-state index in [1.54, 1.807) is 0 Å². The summed E-state index contributed by atoms with van der Waals surface area (Å²) in [6.45, 7) is 5.51. The molecule has 1 rings (SSSR count). The van der Waals surface area contributed by atoms with E-state index in [4.69, 9.17) is 5.26 Å². The van der Waals surface area contributed by atoms with Crippen molar-refractivity contribution in [1.29, 1.82) is 5.26 Å². The van der Waals surface area contributed by atoms with Gasteiger partial charge in [-0.2, -0.15) is 5.26 Å². The maximum Gasteiger partial charge on any atom is 0.0991 e. The lowest BCUT2D eigenvalue weighted by Crippen LogP contribution is -2.19. The molecule has 1 unspecified atom stereocenters. The van der Waals surface area contributed by atoms with Crippen molar-refractivity contribution in [2.24, 2.45) is 0 Å². The van der Waals surface area contributed by atoms with Crippen molar-refractivity contribution in [1.82, 2.24) is 5.32 Å². The third-order valence-corrected chi connectivity index (χ3v) is 3.52. The second-order valence-electron chi connectivity index (χ2n) is 5.18. The quantitative estimate of drug-likeness (QED) is 0.659. The molecule has 0 spiro atoms. The molecule has 0 aromatic heterocycles. The monoisotopic (exact) mass is 258 g/mol. The second kappa shape index (κ2) is 9.58. The van der Waals surface area contributed by atoms with Crippen LogP contribution in [0.2, 0.25) is 0 Å². The van der Waals surface area contributed by atoms with Crippen LogP contribution in [0.15, 0.2) is 24.3 Å². The number of nitrogens with zero attached hydrogens (tertiary/aromatic N) is 1. The number of benzene rings is 1. The summed E-state index contributed by atoms with van der Waals surface area (Å²) in [5.41, 5.74) is 1.98. The molecule has 0 heterocycles. The Bertz CT molecular complexity index is 375. The minimum atomic E-state index is 0.364. The number of hydrogen-bond acceptors (Lipinski definition) is 2. The topological polar surface area (TPSA) is 35.8 Å². The highest BCUT2D eigenvalue weighted by molar-refractivity contribution is 5.32. The molecule has 0 bridgehead atoms. The standard InChI is InChI=1S/C17H26N2/c1-3-4-5-6-7-8-13-19-15(2)17-11-9-16(14-18)10-12-17/h9-12,15,19H,3-8,13H2,1-2H3. The summed E-state index contributed by atoms with van der Waals surface area (Å²) >= 11 is 0. The van der Waals surface area contributed by atoms with Gasteiger partial charge in [-0.05, 0) is 37.6 Å².